The van der Waals surface area contributed by atoms with Crippen molar-refractivity contribution in [1.82, 2.24) is 14.5 Å². The fourth-order valence-corrected chi connectivity index (χ4v) is 4.84. The van der Waals surface area contributed by atoms with Crippen molar-refractivity contribution >= 4 is 39.1 Å². The van der Waals surface area contributed by atoms with E-state index in [1.54, 1.807) is 28.0 Å². The van der Waals surface area contributed by atoms with Gasteiger partial charge in [0.2, 0.25) is 5.95 Å². The Kier molecular flexibility index (Phi) is 4.97. The van der Waals surface area contributed by atoms with Crippen LogP contribution in [0.5, 0.6) is 0 Å². The number of rotatable bonds is 4. The van der Waals surface area contributed by atoms with Gasteiger partial charge in [0.15, 0.2) is 0 Å². The molecule has 0 saturated carbocycles. The molecule has 0 radical (unpaired) electrons. The number of nitrogens with one attached hydrogen (secondary N) is 1. The molecule has 0 bridgehead atoms. The van der Waals surface area contributed by atoms with E-state index in [0.717, 1.165) is 41.8 Å². The molecular formula is C20H23ClN4OS. The van der Waals surface area contributed by atoms with Crippen LogP contribution >= 0.6 is 22.9 Å². The third-order valence-electron chi connectivity index (χ3n) is 5.14. The molecule has 0 saturated heterocycles. The number of hydrogen-bond donors (Lipinski definition) is 1. The van der Waals surface area contributed by atoms with Crippen LogP contribution < -0.4 is 10.9 Å². The molecule has 1 aliphatic rings. The van der Waals surface area contributed by atoms with Crippen molar-refractivity contribution in [2.24, 2.45) is 0 Å². The SMILES string of the molecule is CC[C@H](C)Nc1nc2sc3c(c2c(=O)n1-c1ccc(Cl)cc1)CCN(C)C3. The fraction of sp³-hybridized carbons (Fsp3) is 0.400. The maximum Gasteiger partial charge on any atom is 0.268 e. The summed E-state index contributed by atoms with van der Waals surface area (Å²) in [5.41, 5.74) is 1.94. The van der Waals surface area contributed by atoms with Crippen molar-refractivity contribution in [3.8, 4) is 5.69 Å². The van der Waals surface area contributed by atoms with Gasteiger partial charge in [0.25, 0.3) is 5.56 Å². The van der Waals surface area contributed by atoms with E-state index in [1.807, 2.05) is 12.1 Å². The minimum Gasteiger partial charge on any atom is -0.353 e. The van der Waals surface area contributed by atoms with E-state index in [-0.39, 0.29) is 11.6 Å². The lowest BCUT2D eigenvalue weighted by Gasteiger charge is -2.22. The Bertz CT molecular complexity index is 1040. The predicted molar refractivity (Wildman–Crippen MR) is 114 cm³/mol. The lowest BCUT2D eigenvalue weighted by Crippen LogP contribution is -2.28. The summed E-state index contributed by atoms with van der Waals surface area (Å²) in [7, 11) is 2.11. The predicted octanol–water partition coefficient (Wildman–Crippen LogP) is 4.30. The van der Waals surface area contributed by atoms with Crippen molar-refractivity contribution in [1.29, 1.82) is 0 Å². The molecule has 1 N–H and O–H groups in total. The first kappa shape index (κ1) is 18.5. The van der Waals surface area contributed by atoms with Crippen LogP contribution in [0.25, 0.3) is 15.9 Å². The molecular weight excluding hydrogens is 380 g/mol. The van der Waals surface area contributed by atoms with Crippen LogP contribution in [0.2, 0.25) is 5.02 Å². The number of hydrogen-bond acceptors (Lipinski definition) is 5. The van der Waals surface area contributed by atoms with E-state index >= 15 is 0 Å². The Morgan fingerprint density at radius 2 is 2.07 bits per heavy atom. The Morgan fingerprint density at radius 3 is 2.78 bits per heavy atom. The number of thiophene rings is 1. The zero-order valence-corrected chi connectivity index (χ0v) is 17.3. The molecule has 0 amide bonds. The lowest BCUT2D eigenvalue weighted by molar-refractivity contribution is 0.318. The number of halogens is 1. The number of nitrogens with zero attached hydrogens (tertiary/aromatic N) is 3. The highest BCUT2D eigenvalue weighted by atomic mass is 35.5. The van der Waals surface area contributed by atoms with Gasteiger partial charge < -0.3 is 10.2 Å². The largest absolute Gasteiger partial charge is 0.353 e. The highest BCUT2D eigenvalue weighted by molar-refractivity contribution is 7.18. The molecule has 27 heavy (non-hydrogen) atoms. The fourth-order valence-electron chi connectivity index (χ4n) is 3.42. The molecule has 4 rings (SSSR count). The van der Waals surface area contributed by atoms with Crippen LogP contribution in [0.3, 0.4) is 0 Å². The van der Waals surface area contributed by atoms with Crippen LogP contribution in [0.4, 0.5) is 5.95 Å². The normalized spacial score (nSPS) is 15.7. The molecule has 0 fully saturated rings. The topological polar surface area (TPSA) is 50.2 Å². The molecule has 142 valence electrons. The third kappa shape index (κ3) is 3.37. The Labute approximate surface area is 167 Å². The van der Waals surface area contributed by atoms with Crippen LogP contribution in [0.1, 0.15) is 30.7 Å². The second kappa shape index (κ2) is 7.26. The van der Waals surface area contributed by atoms with Crippen LogP contribution in [-0.4, -0.2) is 34.1 Å². The van der Waals surface area contributed by atoms with E-state index in [9.17, 15) is 4.79 Å². The highest BCUT2D eigenvalue weighted by Gasteiger charge is 2.24. The summed E-state index contributed by atoms with van der Waals surface area (Å²) < 4.78 is 1.69. The second-order valence-electron chi connectivity index (χ2n) is 7.18. The van der Waals surface area contributed by atoms with Crippen molar-refractivity contribution in [2.75, 3.05) is 18.9 Å². The van der Waals surface area contributed by atoms with Crippen LogP contribution in [0, 0.1) is 0 Å². The quantitative estimate of drug-likeness (QED) is 0.706. The number of anilines is 1. The summed E-state index contributed by atoms with van der Waals surface area (Å²) in [6.45, 7) is 6.05. The molecule has 0 unspecified atom stereocenters. The first-order valence-corrected chi connectivity index (χ1v) is 10.5. The molecule has 3 aromatic rings. The van der Waals surface area contributed by atoms with Gasteiger partial charge in [-0.25, -0.2) is 9.55 Å². The monoisotopic (exact) mass is 402 g/mol. The van der Waals surface area contributed by atoms with Crippen LogP contribution in [-0.2, 0) is 13.0 Å². The first-order chi connectivity index (χ1) is 13.0. The number of likely N-dealkylation sites (N-methyl/N-ethyl adjacent to an activating group) is 1. The van der Waals surface area contributed by atoms with Gasteiger partial charge in [-0.3, -0.25) is 4.79 Å². The summed E-state index contributed by atoms with van der Waals surface area (Å²) in [5, 5.41) is 4.83. The standard InChI is InChI=1S/C20H23ClN4OS/c1-4-12(2)22-20-23-18-17(15-9-10-24(3)11-16(15)27-18)19(26)25(20)14-7-5-13(21)6-8-14/h5-8,12H,4,9-11H2,1-3H3,(H,22,23)/t12-/m0/s1. The van der Waals surface area contributed by atoms with Gasteiger partial charge in [-0.1, -0.05) is 18.5 Å². The third-order valence-corrected chi connectivity index (χ3v) is 6.50. The molecule has 0 spiro atoms. The van der Waals surface area contributed by atoms with Gasteiger partial charge in [0.1, 0.15) is 4.83 Å². The van der Waals surface area contributed by atoms with Crippen molar-refractivity contribution in [3.05, 3.63) is 50.1 Å². The van der Waals surface area contributed by atoms with Crippen LogP contribution in [0.15, 0.2) is 29.1 Å². The van der Waals surface area contributed by atoms with Crippen molar-refractivity contribution < 1.29 is 0 Å². The molecule has 7 heteroatoms. The van der Waals surface area contributed by atoms with Gasteiger partial charge >= 0.3 is 0 Å². The minimum absolute atomic E-state index is 0.00446. The van der Waals surface area contributed by atoms with E-state index < -0.39 is 0 Å². The lowest BCUT2D eigenvalue weighted by atomic mass is 10.1. The van der Waals surface area contributed by atoms with E-state index in [4.69, 9.17) is 16.6 Å². The minimum atomic E-state index is -0.00446. The molecule has 2 aromatic heterocycles. The van der Waals surface area contributed by atoms with E-state index in [1.165, 1.54) is 10.4 Å². The summed E-state index contributed by atoms with van der Waals surface area (Å²) in [6.07, 6.45) is 1.84. The summed E-state index contributed by atoms with van der Waals surface area (Å²) in [5.74, 6) is 0.594. The summed E-state index contributed by atoms with van der Waals surface area (Å²) in [4.78, 5) is 22.8. The highest BCUT2D eigenvalue weighted by Crippen LogP contribution is 2.33. The van der Waals surface area contributed by atoms with Gasteiger partial charge in [0, 0.05) is 29.0 Å². The van der Waals surface area contributed by atoms with Gasteiger partial charge in [-0.2, -0.15) is 0 Å². The summed E-state index contributed by atoms with van der Waals surface area (Å²) >= 11 is 7.70. The molecule has 1 aromatic carbocycles. The number of benzene rings is 1. The second-order valence-corrected chi connectivity index (χ2v) is 8.70. The molecule has 3 heterocycles. The average Bonchev–Trinajstić information content (AvgIpc) is 3.00. The Morgan fingerprint density at radius 1 is 1.33 bits per heavy atom. The molecule has 5 nitrogen and oxygen atoms in total. The number of aromatic nitrogens is 2. The van der Waals surface area contributed by atoms with Crippen molar-refractivity contribution in [2.45, 2.75) is 39.3 Å². The average molecular weight is 403 g/mol. The van der Waals surface area contributed by atoms with Gasteiger partial charge in [-0.05, 0) is 56.6 Å². The first-order valence-electron chi connectivity index (χ1n) is 9.26. The smallest absolute Gasteiger partial charge is 0.268 e. The maximum absolute atomic E-state index is 13.6. The number of fused-ring (bicyclic) bond motifs is 3. The van der Waals surface area contributed by atoms with Gasteiger partial charge in [0.05, 0.1) is 11.1 Å². The Balaban J connectivity index is 1.97. The van der Waals surface area contributed by atoms with E-state index in [0.29, 0.717) is 11.0 Å². The molecule has 1 atom stereocenters. The molecule has 1 aliphatic heterocycles. The van der Waals surface area contributed by atoms with Gasteiger partial charge in [-0.15, -0.1) is 11.3 Å². The Hall–Kier alpha value is -1.89. The molecule has 0 aliphatic carbocycles. The zero-order valence-electron chi connectivity index (χ0n) is 15.8. The maximum atomic E-state index is 13.6. The van der Waals surface area contributed by atoms with E-state index in [2.05, 4.69) is 31.1 Å². The van der Waals surface area contributed by atoms with Crippen molar-refractivity contribution in [3.63, 3.8) is 0 Å². The summed E-state index contributed by atoms with van der Waals surface area (Å²) in [6, 6.07) is 7.56. The zero-order chi connectivity index (χ0) is 19.1.